The molecule has 0 saturated carbocycles. The topological polar surface area (TPSA) is 20.3 Å². The highest BCUT2D eigenvalue weighted by molar-refractivity contribution is 5.75. The predicted octanol–water partition coefficient (Wildman–Crippen LogP) is 3.26. The van der Waals surface area contributed by atoms with E-state index in [4.69, 9.17) is 0 Å². The molecule has 1 rings (SSSR count). The van der Waals surface area contributed by atoms with Crippen LogP contribution >= 0.6 is 0 Å². The minimum absolute atomic E-state index is 0.317. The fourth-order valence-corrected chi connectivity index (χ4v) is 1.65. The van der Waals surface area contributed by atoms with Crippen LogP contribution in [-0.2, 0) is 0 Å². The lowest BCUT2D eigenvalue weighted by Crippen LogP contribution is -2.24. The van der Waals surface area contributed by atoms with Gasteiger partial charge in [0.1, 0.15) is 12.1 Å². The molecule has 0 amide bonds. The molecule has 0 aliphatic carbocycles. The average Bonchev–Trinajstić information content (AvgIpc) is 2.31. The zero-order chi connectivity index (χ0) is 12.0. The first-order valence-corrected chi connectivity index (χ1v) is 5.72. The van der Waals surface area contributed by atoms with Crippen molar-refractivity contribution < 1.29 is 9.18 Å². The maximum atomic E-state index is 13.7. The number of carbonyl (C=O) groups is 1. The van der Waals surface area contributed by atoms with Crippen molar-refractivity contribution in [3.63, 3.8) is 0 Å². The first kappa shape index (κ1) is 12.7. The number of halogens is 1. The van der Waals surface area contributed by atoms with Gasteiger partial charge in [0.15, 0.2) is 0 Å². The molecule has 0 spiro atoms. The van der Waals surface area contributed by atoms with Crippen LogP contribution < -0.4 is 4.90 Å². The van der Waals surface area contributed by atoms with Crippen molar-refractivity contribution in [2.24, 2.45) is 0 Å². The summed E-state index contributed by atoms with van der Waals surface area (Å²) in [5.74, 6) is -0.317. The molecule has 2 nitrogen and oxygen atoms in total. The zero-order valence-corrected chi connectivity index (χ0v) is 9.87. The lowest BCUT2D eigenvalue weighted by molar-refractivity contribution is 0.112. The number of hydrogen-bond donors (Lipinski definition) is 0. The van der Waals surface area contributed by atoms with Gasteiger partial charge in [-0.05, 0) is 31.5 Å². The molecule has 0 atom stereocenters. The van der Waals surface area contributed by atoms with E-state index in [2.05, 4.69) is 6.92 Å². The van der Waals surface area contributed by atoms with Gasteiger partial charge in [0, 0.05) is 18.7 Å². The lowest BCUT2D eigenvalue weighted by Gasteiger charge is -2.23. The van der Waals surface area contributed by atoms with Crippen LogP contribution in [0.3, 0.4) is 0 Å². The molecule has 0 N–H and O–H groups in total. The molecule has 0 radical (unpaired) electrons. The Balaban J connectivity index is 2.87. The molecule has 0 aliphatic heterocycles. The second-order valence-electron chi connectivity index (χ2n) is 3.76. The van der Waals surface area contributed by atoms with Gasteiger partial charge in [-0.2, -0.15) is 0 Å². The summed E-state index contributed by atoms with van der Waals surface area (Å²) in [6.45, 7) is 5.74. The van der Waals surface area contributed by atoms with Gasteiger partial charge in [-0.15, -0.1) is 0 Å². The van der Waals surface area contributed by atoms with Crippen molar-refractivity contribution in [1.82, 2.24) is 0 Å². The summed E-state index contributed by atoms with van der Waals surface area (Å²) in [6.07, 6.45) is 2.79. The smallest absolute Gasteiger partial charge is 0.150 e. The second kappa shape index (κ2) is 6.26. The van der Waals surface area contributed by atoms with E-state index in [0.717, 1.165) is 25.9 Å². The van der Waals surface area contributed by atoms with Crippen molar-refractivity contribution >= 4 is 12.0 Å². The molecule has 0 fully saturated rings. The Morgan fingerprint density at radius 2 is 2.12 bits per heavy atom. The van der Waals surface area contributed by atoms with Gasteiger partial charge in [-0.1, -0.05) is 13.3 Å². The average molecular weight is 223 g/mol. The minimum Gasteiger partial charge on any atom is -0.369 e. The Hall–Kier alpha value is -1.38. The molecule has 0 saturated heterocycles. The second-order valence-corrected chi connectivity index (χ2v) is 3.76. The van der Waals surface area contributed by atoms with Crippen molar-refractivity contribution in [2.75, 3.05) is 18.0 Å². The molecule has 0 unspecified atom stereocenters. The van der Waals surface area contributed by atoms with Crippen molar-refractivity contribution in [2.45, 2.75) is 26.7 Å². The highest BCUT2D eigenvalue weighted by Crippen LogP contribution is 2.20. The summed E-state index contributed by atoms with van der Waals surface area (Å²) >= 11 is 0. The number of rotatable bonds is 6. The lowest BCUT2D eigenvalue weighted by atomic mass is 10.2. The fraction of sp³-hybridized carbons (Fsp3) is 0.462. The quantitative estimate of drug-likeness (QED) is 0.690. The van der Waals surface area contributed by atoms with Crippen molar-refractivity contribution in [1.29, 1.82) is 0 Å². The van der Waals surface area contributed by atoms with Crippen LogP contribution in [0.15, 0.2) is 18.2 Å². The standard InChI is InChI=1S/C13H18FNO/c1-3-5-8-15(4-2)13-7-6-11(10-16)9-12(13)14/h6-7,9-10H,3-5,8H2,1-2H3. The first-order chi connectivity index (χ1) is 7.72. The van der Waals surface area contributed by atoms with Gasteiger partial charge in [0.05, 0.1) is 5.69 Å². The number of aldehydes is 1. The summed E-state index contributed by atoms with van der Waals surface area (Å²) in [7, 11) is 0. The molecule has 0 heterocycles. The Labute approximate surface area is 96.1 Å². The molecule has 0 aromatic heterocycles. The molecule has 88 valence electrons. The Bertz CT molecular complexity index is 352. The van der Waals surface area contributed by atoms with Crippen LogP contribution in [0.5, 0.6) is 0 Å². The van der Waals surface area contributed by atoms with Crippen LogP contribution in [0.2, 0.25) is 0 Å². The highest BCUT2D eigenvalue weighted by Gasteiger charge is 2.09. The summed E-state index contributed by atoms with van der Waals surface area (Å²) < 4.78 is 13.7. The van der Waals surface area contributed by atoms with E-state index in [1.165, 1.54) is 6.07 Å². The van der Waals surface area contributed by atoms with E-state index in [9.17, 15) is 9.18 Å². The highest BCUT2D eigenvalue weighted by atomic mass is 19.1. The van der Waals surface area contributed by atoms with Crippen LogP contribution in [0.1, 0.15) is 37.0 Å². The maximum absolute atomic E-state index is 13.7. The third-order valence-electron chi connectivity index (χ3n) is 2.61. The number of benzene rings is 1. The summed E-state index contributed by atoms with van der Waals surface area (Å²) in [5.41, 5.74) is 0.967. The number of hydrogen-bond acceptors (Lipinski definition) is 2. The van der Waals surface area contributed by atoms with E-state index in [-0.39, 0.29) is 5.82 Å². The third kappa shape index (κ3) is 3.05. The Kier molecular flexibility index (Phi) is 4.96. The third-order valence-corrected chi connectivity index (χ3v) is 2.61. The number of unbranched alkanes of at least 4 members (excludes halogenated alkanes) is 1. The van der Waals surface area contributed by atoms with Crippen LogP contribution in [0.4, 0.5) is 10.1 Å². The first-order valence-electron chi connectivity index (χ1n) is 5.72. The number of anilines is 1. The molecule has 3 heteroatoms. The fourth-order valence-electron chi connectivity index (χ4n) is 1.65. The van der Waals surface area contributed by atoms with Gasteiger partial charge >= 0.3 is 0 Å². The van der Waals surface area contributed by atoms with E-state index in [0.29, 0.717) is 17.5 Å². The Morgan fingerprint density at radius 3 is 2.62 bits per heavy atom. The van der Waals surface area contributed by atoms with Crippen LogP contribution in [0.25, 0.3) is 0 Å². The summed E-state index contributed by atoms with van der Waals surface area (Å²) in [4.78, 5) is 12.5. The van der Waals surface area contributed by atoms with Crippen LogP contribution in [0, 0.1) is 5.82 Å². The molecule has 0 aliphatic rings. The summed E-state index contributed by atoms with van der Waals surface area (Å²) in [5, 5.41) is 0. The van der Waals surface area contributed by atoms with Crippen molar-refractivity contribution in [3.05, 3.63) is 29.6 Å². The molecule has 1 aromatic rings. The van der Waals surface area contributed by atoms with E-state index in [1.807, 2.05) is 11.8 Å². The maximum Gasteiger partial charge on any atom is 0.150 e. The number of nitrogens with zero attached hydrogens (tertiary/aromatic N) is 1. The van der Waals surface area contributed by atoms with E-state index < -0.39 is 0 Å². The monoisotopic (exact) mass is 223 g/mol. The van der Waals surface area contributed by atoms with Gasteiger partial charge in [-0.25, -0.2) is 4.39 Å². The largest absolute Gasteiger partial charge is 0.369 e. The van der Waals surface area contributed by atoms with Gasteiger partial charge in [-0.3, -0.25) is 4.79 Å². The zero-order valence-electron chi connectivity index (χ0n) is 9.87. The molecular formula is C13H18FNO. The minimum atomic E-state index is -0.317. The van der Waals surface area contributed by atoms with Crippen LogP contribution in [-0.4, -0.2) is 19.4 Å². The summed E-state index contributed by atoms with van der Waals surface area (Å²) in [6, 6.07) is 4.62. The number of carbonyl (C=O) groups excluding carboxylic acids is 1. The SMILES string of the molecule is CCCCN(CC)c1ccc(C=O)cc1F. The molecule has 16 heavy (non-hydrogen) atoms. The van der Waals surface area contributed by atoms with Crippen molar-refractivity contribution in [3.8, 4) is 0 Å². The molecular weight excluding hydrogens is 205 g/mol. The van der Waals surface area contributed by atoms with Gasteiger partial charge < -0.3 is 4.90 Å². The normalized spacial score (nSPS) is 10.2. The van der Waals surface area contributed by atoms with Gasteiger partial charge in [0.2, 0.25) is 0 Å². The van der Waals surface area contributed by atoms with E-state index in [1.54, 1.807) is 12.1 Å². The molecule has 1 aromatic carbocycles. The van der Waals surface area contributed by atoms with Gasteiger partial charge in [0.25, 0.3) is 0 Å². The predicted molar refractivity (Wildman–Crippen MR) is 64.6 cm³/mol. The van der Waals surface area contributed by atoms with E-state index >= 15 is 0 Å². The molecule has 0 bridgehead atoms. The Morgan fingerprint density at radius 1 is 1.38 bits per heavy atom.